The Morgan fingerprint density at radius 2 is 2.21 bits per heavy atom. The summed E-state index contributed by atoms with van der Waals surface area (Å²) in [5, 5.41) is 13.1. The van der Waals surface area contributed by atoms with Crippen LogP contribution in [0, 0.1) is 28.9 Å². The van der Waals surface area contributed by atoms with Crippen molar-refractivity contribution >= 4 is 23.3 Å². The van der Waals surface area contributed by atoms with Crippen LogP contribution < -0.4 is 4.74 Å². The highest BCUT2D eigenvalue weighted by Crippen LogP contribution is 2.72. The molecular formula is C17H14ClN3O2S. The zero-order valence-corrected chi connectivity index (χ0v) is 14.3. The Kier molecular flexibility index (Phi) is 3.01. The Hall–Kier alpha value is -1.65. The fraction of sp³-hybridized carbons (Fsp3) is 0.412. The average Bonchev–Trinajstić information content (AvgIpc) is 3.07. The minimum absolute atomic E-state index is 0.0547. The highest BCUT2D eigenvalue weighted by Gasteiger charge is 2.83. The Morgan fingerprint density at radius 3 is 2.92 bits per heavy atom. The summed E-state index contributed by atoms with van der Waals surface area (Å²) < 4.78 is 14.4. The molecule has 1 aromatic carbocycles. The number of piperidine rings is 3. The van der Waals surface area contributed by atoms with Crippen molar-refractivity contribution in [3.63, 3.8) is 0 Å². The first-order valence-corrected chi connectivity index (χ1v) is 8.99. The lowest BCUT2D eigenvalue weighted by Gasteiger charge is -2.33. The highest BCUT2D eigenvalue weighted by molar-refractivity contribution is 6.99. The van der Waals surface area contributed by atoms with Crippen molar-refractivity contribution in [1.82, 2.24) is 8.75 Å². The summed E-state index contributed by atoms with van der Waals surface area (Å²) in [6.07, 6.45) is 0. The van der Waals surface area contributed by atoms with Crippen LogP contribution in [0.3, 0.4) is 0 Å². The number of hydrogen-bond donors (Lipinski definition) is 0. The van der Waals surface area contributed by atoms with Crippen molar-refractivity contribution in [2.24, 2.45) is 11.8 Å². The van der Waals surface area contributed by atoms with Crippen LogP contribution in [-0.2, 0) is 5.41 Å². The molecule has 4 aliphatic rings. The molecule has 24 heavy (non-hydrogen) atoms. The zero-order valence-electron chi connectivity index (χ0n) is 12.7. The second kappa shape index (κ2) is 4.93. The molecule has 2 unspecified atom stereocenters. The molecule has 4 fully saturated rings. The third-order valence-electron chi connectivity index (χ3n) is 5.55. The van der Waals surface area contributed by atoms with Gasteiger partial charge in [0.05, 0.1) is 36.8 Å². The quantitative estimate of drug-likeness (QED) is 0.480. The van der Waals surface area contributed by atoms with Gasteiger partial charge in [0.25, 0.3) is 5.88 Å². The van der Waals surface area contributed by atoms with Gasteiger partial charge in [-0.1, -0.05) is 29.5 Å². The van der Waals surface area contributed by atoms with Crippen LogP contribution in [-0.4, -0.2) is 39.6 Å². The van der Waals surface area contributed by atoms with E-state index < -0.39 is 0 Å². The van der Waals surface area contributed by atoms with E-state index in [4.69, 9.17) is 16.3 Å². The molecule has 0 radical (unpaired) electrons. The molecule has 0 spiro atoms. The van der Waals surface area contributed by atoms with Crippen molar-refractivity contribution in [2.75, 3.05) is 26.2 Å². The van der Waals surface area contributed by atoms with Gasteiger partial charge in [-0.3, -0.25) is 0 Å². The van der Waals surface area contributed by atoms with E-state index >= 15 is 0 Å². The van der Waals surface area contributed by atoms with E-state index in [2.05, 4.69) is 20.6 Å². The van der Waals surface area contributed by atoms with Crippen molar-refractivity contribution in [2.45, 2.75) is 5.41 Å². The molecule has 1 saturated carbocycles. The maximum atomic E-state index is 12.4. The third kappa shape index (κ3) is 2.02. The number of quaternary nitrogens is 1. The van der Waals surface area contributed by atoms with Crippen molar-refractivity contribution in [3.05, 3.63) is 45.8 Å². The molecule has 0 amide bonds. The van der Waals surface area contributed by atoms with Gasteiger partial charge in [-0.2, -0.15) is 4.37 Å². The zero-order chi connectivity index (χ0) is 16.4. The predicted octanol–water partition coefficient (Wildman–Crippen LogP) is 2.45. The van der Waals surface area contributed by atoms with E-state index in [9.17, 15) is 5.21 Å². The summed E-state index contributed by atoms with van der Waals surface area (Å²) in [5.41, 5.74) is 1.68. The molecule has 1 aliphatic carbocycles. The summed E-state index contributed by atoms with van der Waals surface area (Å²) >= 11 is 7.09. The van der Waals surface area contributed by atoms with Gasteiger partial charge in [0.15, 0.2) is 6.61 Å². The molecular weight excluding hydrogens is 346 g/mol. The van der Waals surface area contributed by atoms with Gasteiger partial charge < -0.3 is 14.6 Å². The number of aromatic nitrogens is 2. The van der Waals surface area contributed by atoms with E-state index in [1.165, 1.54) is 0 Å². The normalized spacial score (nSPS) is 34.8. The van der Waals surface area contributed by atoms with E-state index in [1.807, 2.05) is 24.3 Å². The van der Waals surface area contributed by atoms with Crippen molar-refractivity contribution in [3.8, 4) is 17.7 Å². The first kappa shape index (κ1) is 14.7. The van der Waals surface area contributed by atoms with E-state index in [1.54, 1.807) is 0 Å². The minimum atomic E-state index is -0.0650. The first-order chi connectivity index (χ1) is 11.6. The summed E-state index contributed by atoms with van der Waals surface area (Å²) in [6, 6.07) is 7.40. The van der Waals surface area contributed by atoms with E-state index in [0.717, 1.165) is 36.1 Å². The smallest absolute Gasteiger partial charge is 0.250 e. The number of halogens is 1. The van der Waals surface area contributed by atoms with Crippen LogP contribution in [0.25, 0.3) is 0 Å². The molecule has 3 saturated heterocycles. The highest BCUT2D eigenvalue weighted by atomic mass is 35.5. The fourth-order valence-corrected chi connectivity index (χ4v) is 5.39. The number of rotatable bonds is 3. The van der Waals surface area contributed by atoms with Crippen LogP contribution in [0.1, 0.15) is 11.3 Å². The Labute approximate surface area is 148 Å². The number of ether oxygens (including phenoxy) is 1. The maximum Gasteiger partial charge on any atom is 0.250 e. The number of hydroxylamine groups is 3. The molecule has 7 heteroatoms. The van der Waals surface area contributed by atoms with Gasteiger partial charge in [-0.15, -0.1) is 4.37 Å². The monoisotopic (exact) mass is 359 g/mol. The summed E-state index contributed by atoms with van der Waals surface area (Å²) in [7, 11) is 0. The molecule has 0 N–H and O–H groups in total. The Morgan fingerprint density at radius 1 is 1.38 bits per heavy atom. The number of benzene rings is 1. The molecule has 4 bridgehead atoms. The summed E-state index contributed by atoms with van der Waals surface area (Å²) in [5.74, 6) is 7.50. The second-order valence-corrected chi connectivity index (χ2v) is 7.82. The van der Waals surface area contributed by atoms with Gasteiger partial charge >= 0.3 is 0 Å². The topological polar surface area (TPSA) is 58.1 Å². The van der Waals surface area contributed by atoms with Crippen LogP contribution >= 0.6 is 23.3 Å². The molecule has 6 rings (SSSR count). The number of hydrogen-bond acceptors (Lipinski definition) is 5. The lowest BCUT2D eigenvalue weighted by atomic mass is 10.0. The van der Waals surface area contributed by atoms with E-state index in [0.29, 0.717) is 29.3 Å². The Bertz CT molecular complexity index is 875. The van der Waals surface area contributed by atoms with Gasteiger partial charge in [-0.25, -0.2) is 0 Å². The lowest BCUT2D eigenvalue weighted by molar-refractivity contribution is -0.854. The van der Waals surface area contributed by atoms with Crippen molar-refractivity contribution in [1.29, 1.82) is 0 Å². The first-order valence-electron chi connectivity index (χ1n) is 7.88. The second-order valence-electron chi connectivity index (χ2n) is 6.85. The van der Waals surface area contributed by atoms with Crippen LogP contribution in [0.2, 0.25) is 5.02 Å². The van der Waals surface area contributed by atoms with E-state index in [-0.39, 0.29) is 16.7 Å². The maximum absolute atomic E-state index is 12.4. The Balaban J connectivity index is 1.30. The van der Waals surface area contributed by atoms with Crippen molar-refractivity contribution < 1.29 is 9.38 Å². The molecule has 2 aromatic rings. The van der Waals surface area contributed by atoms with Crippen LogP contribution in [0.5, 0.6) is 5.88 Å². The predicted molar refractivity (Wildman–Crippen MR) is 90.6 cm³/mol. The number of nitrogens with zero attached hydrogens (tertiary/aromatic N) is 3. The van der Waals surface area contributed by atoms with Crippen LogP contribution in [0.4, 0.5) is 0 Å². The molecule has 5 nitrogen and oxygen atoms in total. The molecule has 4 heterocycles. The fourth-order valence-electron chi connectivity index (χ4n) is 4.61. The van der Waals surface area contributed by atoms with Gasteiger partial charge in [-0.05, 0) is 18.2 Å². The molecule has 3 aliphatic heterocycles. The summed E-state index contributed by atoms with van der Waals surface area (Å²) in [4.78, 5) is 0. The molecule has 1 aromatic heterocycles. The molecule has 4 atom stereocenters. The SMILES string of the molecule is [O-][N+]12C[C@@H]3[C@H](C1)C3(c1nsnc1OCC#Cc1cccc(Cl)c1)C2. The van der Waals surface area contributed by atoms with Gasteiger partial charge in [0, 0.05) is 22.4 Å². The minimum Gasteiger partial charge on any atom is -0.633 e. The molecule has 122 valence electrons. The largest absolute Gasteiger partial charge is 0.633 e. The summed E-state index contributed by atoms with van der Waals surface area (Å²) in [6.45, 7) is 2.35. The van der Waals surface area contributed by atoms with Gasteiger partial charge in [0.1, 0.15) is 5.69 Å². The average molecular weight is 360 g/mol. The lowest BCUT2D eigenvalue weighted by Crippen LogP contribution is -2.35. The third-order valence-corrected chi connectivity index (χ3v) is 6.29. The standard InChI is InChI=1S/C17H14ClN3O2S/c18-12-5-1-3-11(7-12)4-2-6-23-16-15(19-24-20-16)17-10-21(22)8-13(17)14(17)9-21/h1,3,5,7,13-14H,6,8-10H2/t13-,14+,17?,21?. The van der Waals surface area contributed by atoms with Crippen LogP contribution in [0.15, 0.2) is 24.3 Å². The van der Waals surface area contributed by atoms with Gasteiger partial charge in [0.2, 0.25) is 0 Å².